The molecule has 1 rings (SSSR count). The summed E-state index contributed by atoms with van der Waals surface area (Å²) in [6.45, 7) is 9.88. The van der Waals surface area contributed by atoms with Crippen molar-refractivity contribution in [3.8, 4) is 0 Å². The summed E-state index contributed by atoms with van der Waals surface area (Å²) in [6, 6.07) is 6.97. The van der Waals surface area contributed by atoms with Gasteiger partial charge in [0.2, 0.25) is 5.91 Å². The van der Waals surface area contributed by atoms with E-state index in [0.29, 0.717) is 5.56 Å². The summed E-state index contributed by atoms with van der Waals surface area (Å²) in [5.41, 5.74) is 1.61. The molecule has 4 heteroatoms. The first-order chi connectivity index (χ1) is 10.3. The maximum absolute atomic E-state index is 12.4. The number of hydrogen-bond acceptors (Lipinski definition) is 2. The van der Waals surface area contributed by atoms with Crippen LogP contribution in [0.4, 0.5) is 0 Å². The van der Waals surface area contributed by atoms with Gasteiger partial charge in [-0.05, 0) is 38.3 Å². The molecule has 0 bridgehead atoms. The number of hydrogen-bond donors (Lipinski definition) is 2. The van der Waals surface area contributed by atoms with E-state index in [1.807, 2.05) is 45.9 Å². The van der Waals surface area contributed by atoms with Crippen LogP contribution < -0.4 is 10.6 Å². The fourth-order valence-corrected chi connectivity index (χ4v) is 2.38. The van der Waals surface area contributed by atoms with Crippen LogP contribution in [0.25, 0.3) is 0 Å². The summed E-state index contributed by atoms with van der Waals surface area (Å²) < 4.78 is 0. The van der Waals surface area contributed by atoms with E-state index in [9.17, 15) is 9.59 Å². The van der Waals surface area contributed by atoms with E-state index in [0.717, 1.165) is 18.4 Å². The Hall–Kier alpha value is -1.84. The van der Waals surface area contributed by atoms with Crippen molar-refractivity contribution in [2.24, 2.45) is 5.92 Å². The van der Waals surface area contributed by atoms with Crippen molar-refractivity contribution in [1.82, 2.24) is 10.6 Å². The van der Waals surface area contributed by atoms with Gasteiger partial charge in [0.05, 0.1) is 0 Å². The lowest BCUT2D eigenvalue weighted by atomic mass is 10.0. The van der Waals surface area contributed by atoms with Crippen LogP contribution in [-0.4, -0.2) is 23.9 Å². The Morgan fingerprint density at radius 1 is 1.14 bits per heavy atom. The van der Waals surface area contributed by atoms with Crippen molar-refractivity contribution in [1.29, 1.82) is 0 Å². The Morgan fingerprint density at radius 3 is 2.36 bits per heavy atom. The fourth-order valence-electron chi connectivity index (χ4n) is 2.38. The largest absolute Gasteiger partial charge is 0.352 e. The molecule has 4 nitrogen and oxygen atoms in total. The molecule has 0 aliphatic rings. The van der Waals surface area contributed by atoms with Gasteiger partial charge in [-0.3, -0.25) is 9.59 Å². The SMILES string of the molecule is CCCC(C)NC(=O)C(NC(=O)c1cccc(C)c1)C(C)C. The molecule has 0 aromatic heterocycles. The molecule has 2 N–H and O–H groups in total. The molecule has 2 amide bonds. The minimum atomic E-state index is -0.521. The number of carbonyl (C=O) groups is 2. The Morgan fingerprint density at radius 2 is 1.82 bits per heavy atom. The van der Waals surface area contributed by atoms with Crippen molar-refractivity contribution >= 4 is 11.8 Å². The molecule has 0 fully saturated rings. The molecule has 1 aromatic rings. The molecule has 2 atom stereocenters. The lowest BCUT2D eigenvalue weighted by molar-refractivity contribution is -0.124. The van der Waals surface area contributed by atoms with E-state index in [4.69, 9.17) is 0 Å². The monoisotopic (exact) mass is 304 g/mol. The Balaban J connectivity index is 2.75. The van der Waals surface area contributed by atoms with Gasteiger partial charge < -0.3 is 10.6 Å². The van der Waals surface area contributed by atoms with E-state index in [-0.39, 0.29) is 23.8 Å². The number of nitrogens with one attached hydrogen (secondary N) is 2. The fraction of sp³-hybridized carbons (Fsp3) is 0.556. The van der Waals surface area contributed by atoms with Crippen LogP contribution in [0.15, 0.2) is 24.3 Å². The molecule has 122 valence electrons. The van der Waals surface area contributed by atoms with Crippen molar-refractivity contribution in [3.05, 3.63) is 35.4 Å². The standard InChI is InChI=1S/C18H28N2O2/c1-6-8-14(5)19-18(22)16(12(2)3)20-17(21)15-10-7-9-13(4)11-15/h7,9-12,14,16H,6,8H2,1-5H3,(H,19,22)(H,20,21). The smallest absolute Gasteiger partial charge is 0.251 e. The van der Waals surface area contributed by atoms with Gasteiger partial charge in [-0.2, -0.15) is 0 Å². The molecule has 0 saturated carbocycles. The molecule has 2 unspecified atom stereocenters. The summed E-state index contributed by atoms with van der Waals surface area (Å²) in [7, 11) is 0. The zero-order valence-corrected chi connectivity index (χ0v) is 14.3. The normalized spacial score (nSPS) is 13.5. The molecular weight excluding hydrogens is 276 g/mol. The average molecular weight is 304 g/mol. The minimum absolute atomic E-state index is 0.0302. The van der Waals surface area contributed by atoms with Crippen LogP contribution in [-0.2, 0) is 4.79 Å². The highest BCUT2D eigenvalue weighted by atomic mass is 16.2. The second-order valence-electron chi connectivity index (χ2n) is 6.26. The number of rotatable bonds is 7. The molecule has 0 aliphatic heterocycles. The third-order valence-corrected chi connectivity index (χ3v) is 3.63. The summed E-state index contributed by atoms with van der Waals surface area (Å²) in [5.74, 6) is -0.291. The zero-order valence-electron chi connectivity index (χ0n) is 14.3. The van der Waals surface area contributed by atoms with Crippen LogP contribution in [0.3, 0.4) is 0 Å². The third-order valence-electron chi connectivity index (χ3n) is 3.63. The Labute approximate surface area is 133 Å². The Bertz CT molecular complexity index is 512. The lowest BCUT2D eigenvalue weighted by Crippen LogP contribution is -2.51. The number of aryl methyl sites for hydroxylation is 1. The number of carbonyl (C=O) groups excluding carboxylic acids is 2. The topological polar surface area (TPSA) is 58.2 Å². The van der Waals surface area contributed by atoms with E-state index < -0.39 is 6.04 Å². The van der Waals surface area contributed by atoms with Gasteiger partial charge in [0.25, 0.3) is 5.91 Å². The van der Waals surface area contributed by atoms with Gasteiger partial charge in [0, 0.05) is 11.6 Å². The molecule has 22 heavy (non-hydrogen) atoms. The second-order valence-corrected chi connectivity index (χ2v) is 6.26. The maximum atomic E-state index is 12.4. The highest BCUT2D eigenvalue weighted by Gasteiger charge is 2.25. The van der Waals surface area contributed by atoms with E-state index in [1.54, 1.807) is 6.07 Å². The van der Waals surface area contributed by atoms with Gasteiger partial charge in [-0.25, -0.2) is 0 Å². The average Bonchev–Trinajstić information content (AvgIpc) is 2.44. The third kappa shape index (κ3) is 5.51. The first-order valence-corrected chi connectivity index (χ1v) is 8.03. The van der Waals surface area contributed by atoms with Gasteiger partial charge in [0.1, 0.15) is 6.04 Å². The van der Waals surface area contributed by atoms with Gasteiger partial charge in [-0.1, -0.05) is 44.9 Å². The highest BCUT2D eigenvalue weighted by molar-refractivity contribution is 5.97. The van der Waals surface area contributed by atoms with Gasteiger partial charge in [0.15, 0.2) is 0 Å². The predicted octanol–water partition coefficient (Wildman–Crippen LogP) is 3.05. The molecule has 0 radical (unpaired) electrons. The molecule has 0 heterocycles. The van der Waals surface area contributed by atoms with Gasteiger partial charge >= 0.3 is 0 Å². The lowest BCUT2D eigenvalue weighted by Gasteiger charge is -2.24. The predicted molar refractivity (Wildman–Crippen MR) is 89.8 cm³/mol. The summed E-state index contributed by atoms with van der Waals surface area (Å²) in [6.07, 6.45) is 1.95. The number of benzene rings is 1. The maximum Gasteiger partial charge on any atom is 0.251 e. The summed E-state index contributed by atoms with van der Waals surface area (Å²) in [4.78, 5) is 24.7. The van der Waals surface area contributed by atoms with Crippen LogP contribution in [0.5, 0.6) is 0 Å². The first-order valence-electron chi connectivity index (χ1n) is 8.03. The van der Waals surface area contributed by atoms with Crippen molar-refractivity contribution < 1.29 is 9.59 Å². The van der Waals surface area contributed by atoms with Crippen molar-refractivity contribution in [2.75, 3.05) is 0 Å². The molecule has 0 spiro atoms. The van der Waals surface area contributed by atoms with Crippen LogP contribution in [0.2, 0.25) is 0 Å². The second kappa shape index (κ2) is 8.57. The minimum Gasteiger partial charge on any atom is -0.352 e. The summed E-state index contributed by atoms with van der Waals surface area (Å²) >= 11 is 0. The summed E-state index contributed by atoms with van der Waals surface area (Å²) in [5, 5.41) is 5.83. The van der Waals surface area contributed by atoms with Crippen molar-refractivity contribution in [3.63, 3.8) is 0 Å². The molecular formula is C18H28N2O2. The highest BCUT2D eigenvalue weighted by Crippen LogP contribution is 2.08. The van der Waals surface area contributed by atoms with E-state index in [1.165, 1.54) is 0 Å². The molecule has 0 aliphatic carbocycles. The van der Waals surface area contributed by atoms with Crippen molar-refractivity contribution in [2.45, 2.75) is 59.5 Å². The van der Waals surface area contributed by atoms with E-state index >= 15 is 0 Å². The zero-order chi connectivity index (χ0) is 16.7. The molecule has 1 aromatic carbocycles. The van der Waals surface area contributed by atoms with Crippen LogP contribution in [0.1, 0.15) is 56.5 Å². The van der Waals surface area contributed by atoms with Crippen LogP contribution >= 0.6 is 0 Å². The van der Waals surface area contributed by atoms with E-state index in [2.05, 4.69) is 17.6 Å². The quantitative estimate of drug-likeness (QED) is 0.813. The molecule has 0 saturated heterocycles. The first kappa shape index (κ1) is 18.2. The van der Waals surface area contributed by atoms with Crippen LogP contribution in [0, 0.1) is 12.8 Å². The van der Waals surface area contributed by atoms with Gasteiger partial charge in [-0.15, -0.1) is 0 Å². The number of amides is 2. The Kier molecular flexibility index (Phi) is 7.09.